The number of hydrogen-bond donors (Lipinski definition) is 1. The molecule has 0 bridgehead atoms. The Balaban J connectivity index is 2.43. The Bertz CT molecular complexity index is 635. The van der Waals surface area contributed by atoms with Gasteiger partial charge in [0.1, 0.15) is 6.07 Å². The molecule has 0 aliphatic carbocycles. The third-order valence-electron chi connectivity index (χ3n) is 2.32. The van der Waals surface area contributed by atoms with E-state index in [1.807, 2.05) is 6.07 Å². The molecular weight excluding hydrogens is 258 g/mol. The van der Waals surface area contributed by atoms with Gasteiger partial charge in [-0.1, -0.05) is 17.7 Å². The van der Waals surface area contributed by atoms with Crippen molar-refractivity contribution >= 4 is 23.0 Å². The van der Waals surface area contributed by atoms with Gasteiger partial charge in [-0.05, 0) is 30.3 Å². The van der Waals surface area contributed by atoms with Crippen LogP contribution >= 0.6 is 11.6 Å². The number of benzene rings is 2. The first kappa shape index (κ1) is 12.3. The topological polar surface area (TPSA) is 35.8 Å². The molecule has 0 spiro atoms. The van der Waals surface area contributed by atoms with Gasteiger partial charge >= 0.3 is 0 Å². The lowest BCUT2D eigenvalue weighted by atomic mass is 10.2. The first-order valence-electron chi connectivity index (χ1n) is 5.02. The number of anilines is 2. The molecule has 0 fully saturated rings. The summed E-state index contributed by atoms with van der Waals surface area (Å²) in [4.78, 5) is 0. The van der Waals surface area contributed by atoms with Gasteiger partial charge in [0, 0.05) is 5.02 Å². The fourth-order valence-electron chi connectivity index (χ4n) is 1.46. The number of rotatable bonds is 2. The van der Waals surface area contributed by atoms with Crippen LogP contribution in [0.3, 0.4) is 0 Å². The predicted molar refractivity (Wildman–Crippen MR) is 65.8 cm³/mol. The maximum absolute atomic E-state index is 13.5. The molecular formula is C13H7ClF2N2. The van der Waals surface area contributed by atoms with E-state index >= 15 is 0 Å². The van der Waals surface area contributed by atoms with E-state index in [1.165, 1.54) is 24.3 Å². The van der Waals surface area contributed by atoms with Crippen LogP contribution in [0.1, 0.15) is 5.56 Å². The molecule has 0 aromatic heterocycles. The standard InChI is InChI=1S/C13H7ClF2N2/c14-9-5-4-8(7-17)12(6-9)18-11-3-1-2-10(15)13(11)16/h1-6,18H. The highest BCUT2D eigenvalue weighted by Crippen LogP contribution is 2.26. The Morgan fingerprint density at radius 1 is 1.11 bits per heavy atom. The van der Waals surface area contributed by atoms with Crippen molar-refractivity contribution < 1.29 is 8.78 Å². The van der Waals surface area contributed by atoms with Crippen LogP contribution in [-0.4, -0.2) is 0 Å². The third-order valence-corrected chi connectivity index (χ3v) is 2.56. The quantitative estimate of drug-likeness (QED) is 0.881. The molecule has 0 unspecified atom stereocenters. The minimum absolute atomic E-state index is 0.0474. The van der Waals surface area contributed by atoms with Crippen molar-refractivity contribution in [3.8, 4) is 6.07 Å². The Hall–Kier alpha value is -2.12. The van der Waals surface area contributed by atoms with Crippen LogP contribution in [0.5, 0.6) is 0 Å². The molecule has 0 amide bonds. The van der Waals surface area contributed by atoms with E-state index in [2.05, 4.69) is 5.32 Å². The monoisotopic (exact) mass is 264 g/mol. The molecule has 1 N–H and O–H groups in total. The van der Waals surface area contributed by atoms with Crippen molar-refractivity contribution in [3.63, 3.8) is 0 Å². The minimum atomic E-state index is -0.999. The second-order valence-electron chi connectivity index (χ2n) is 3.53. The average Bonchev–Trinajstić information content (AvgIpc) is 2.35. The molecule has 2 nitrogen and oxygen atoms in total. The molecule has 18 heavy (non-hydrogen) atoms. The van der Waals surface area contributed by atoms with E-state index in [9.17, 15) is 8.78 Å². The highest BCUT2D eigenvalue weighted by atomic mass is 35.5. The van der Waals surface area contributed by atoms with Gasteiger partial charge in [0.15, 0.2) is 11.6 Å². The molecule has 0 heterocycles. The van der Waals surface area contributed by atoms with E-state index in [0.717, 1.165) is 6.07 Å². The maximum Gasteiger partial charge on any atom is 0.182 e. The molecule has 0 aliphatic rings. The van der Waals surface area contributed by atoms with Crippen LogP contribution in [0.4, 0.5) is 20.2 Å². The van der Waals surface area contributed by atoms with E-state index in [0.29, 0.717) is 16.3 Å². The van der Waals surface area contributed by atoms with E-state index in [1.54, 1.807) is 6.07 Å². The van der Waals surface area contributed by atoms with Crippen LogP contribution in [0.2, 0.25) is 5.02 Å². The van der Waals surface area contributed by atoms with Crippen molar-refractivity contribution in [1.29, 1.82) is 5.26 Å². The molecule has 2 aromatic rings. The second kappa shape index (κ2) is 5.03. The maximum atomic E-state index is 13.5. The first-order chi connectivity index (χ1) is 8.61. The normalized spacial score (nSPS) is 9.89. The van der Waals surface area contributed by atoms with Crippen LogP contribution in [0.25, 0.3) is 0 Å². The minimum Gasteiger partial charge on any atom is -0.352 e. The molecule has 0 saturated heterocycles. The summed E-state index contributed by atoms with van der Waals surface area (Å²) < 4.78 is 26.5. The SMILES string of the molecule is N#Cc1ccc(Cl)cc1Nc1cccc(F)c1F. The van der Waals surface area contributed by atoms with Crippen LogP contribution in [0, 0.1) is 23.0 Å². The van der Waals surface area contributed by atoms with E-state index < -0.39 is 11.6 Å². The molecule has 90 valence electrons. The molecule has 2 rings (SSSR count). The summed E-state index contributed by atoms with van der Waals surface area (Å²) in [5.41, 5.74) is 0.575. The fraction of sp³-hybridized carbons (Fsp3) is 0. The van der Waals surface area contributed by atoms with E-state index in [4.69, 9.17) is 16.9 Å². The Kier molecular flexibility index (Phi) is 3.45. The van der Waals surface area contributed by atoms with Crippen LogP contribution in [0.15, 0.2) is 36.4 Å². The van der Waals surface area contributed by atoms with Gasteiger partial charge in [-0.2, -0.15) is 5.26 Å². The Morgan fingerprint density at radius 3 is 2.61 bits per heavy atom. The molecule has 0 saturated carbocycles. The summed E-state index contributed by atoms with van der Waals surface area (Å²) in [6.45, 7) is 0. The molecule has 0 aliphatic heterocycles. The highest BCUT2D eigenvalue weighted by Gasteiger charge is 2.10. The number of hydrogen-bond acceptors (Lipinski definition) is 2. The van der Waals surface area contributed by atoms with Crippen molar-refractivity contribution in [2.45, 2.75) is 0 Å². The highest BCUT2D eigenvalue weighted by molar-refractivity contribution is 6.30. The zero-order valence-electron chi connectivity index (χ0n) is 9.05. The second-order valence-corrected chi connectivity index (χ2v) is 3.96. The van der Waals surface area contributed by atoms with Gasteiger partial charge in [0.25, 0.3) is 0 Å². The lowest BCUT2D eigenvalue weighted by molar-refractivity contribution is 0.512. The lowest BCUT2D eigenvalue weighted by Crippen LogP contribution is -1.98. The predicted octanol–water partition coefficient (Wildman–Crippen LogP) is 4.23. The fourth-order valence-corrected chi connectivity index (χ4v) is 1.63. The summed E-state index contributed by atoms with van der Waals surface area (Å²) in [5, 5.41) is 12.0. The number of nitrogens with zero attached hydrogens (tertiary/aromatic N) is 1. The van der Waals surface area contributed by atoms with Gasteiger partial charge in [-0.25, -0.2) is 8.78 Å². The zero-order valence-corrected chi connectivity index (χ0v) is 9.80. The summed E-state index contributed by atoms with van der Waals surface area (Å²) in [5.74, 6) is -1.96. The van der Waals surface area contributed by atoms with Gasteiger partial charge in [-0.15, -0.1) is 0 Å². The summed E-state index contributed by atoms with van der Waals surface area (Å²) >= 11 is 5.79. The molecule has 0 radical (unpaired) electrons. The molecule has 5 heteroatoms. The first-order valence-corrected chi connectivity index (χ1v) is 5.40. The van der Waals surface area contributed by atoms with Gasteiger partial charge in [0.05, 0.1) is 16.9 Å². The van der Waals surface area contributed by atoms with E-state index in [-0.39, 0.29) is 5.69 Å². The summed E-state index contributed by atoms with van der Waals surface area (Å²) in [6, 6.07) is 10.2. The largest absolute Gasteiger partial charge is 0.352 e. The van der Waals surface area contributed by atoms with Gasteiger partial charge < -0.3 is 5.32 Å². The van der Waals surface area contributed by atoms with Gasteiger partial charge in [-0.3, -0.25) is 0 Å². The van der Waals surface area contributed by atoms with Crippen LogP contribution in [-0.2, 0) is 0 Å². The Labute approximate surface area is 107 Å². The smallest absolute Gasteiger partial charge is 0.182 e. The third kappa shape index (κ3) is 2.41. The number of halogens is 3. The molecule has 0 atom stereocenters. The average molecular weight is 265 g/mol. The lowest BCUT2D eigenvalue weighted by Gasteiger charge is -2.09. The summed E-state index contributed by atoms with van der Waals surface area (Å²) in [6.07, 6.45) is 0. The van der Waals surface area contributed by atoms with Crippen molar-refractivity contribution in [1.82, 2.24) is 0 Å². The van der Waals surface area contributed by atoms with Crippen molar-refractivity contribution in [2.24, 2.45) is 0 Å². The number of nitriles is 1. The van der Waals surface area contributed by atoms with Crippen LogP contribution < -0.4 is 5.32 Å². The van der Waals surface area contributed by atoms with Gasteiger partial charge in [0.2, 0.25) is 0 Å². The summed E-state index contributed by atoms with van der Waals surface area (Å²) in [7, 11) is 0. The Morgan fingerprint density at radius 2 is 1.89 bits per heavy atom. The van der Waals surface area contributed by atoms with Crippen molar-refractivity contribution in [2.75, 3.05) is 5.32 Å². The van der Waals surface area contributed by atoms with Crippen molar-refractivity contribution in [3.05, 3.63) is 58.6 Å². The molecule has 2 aromatic carbocycles. The zero-order chi connectivity index (χ0) is 13.1. The number of nitrogens with one attached hydrogen (secondary N) is 1.